The number of furan rings is 1. The highest BCUT2D eigenvalue weighted by Gasteiger charge is 2.22. The van der Waals surface area contributed by atoms with Gasteiger partial charge >= 0.3 is 0 Å². The lowest BCUT2D eigenvalue weighted by molar-refractivity contribution is 0.221. The molecule has 0 fully saturated rings. The van der Waals surface area contributed by atoms with Gasteiger partial charge in [0.15, 0.2) is 0 Å². The van der Waals surface area contributed by atoms with Crippen LogP contribution in [0.2, 0.25) is 0 Å². The molecule has 0 atom stereocenters. The molecule has 24 heavy (non-hydrogen) atoms. The highest BCUT2D eigenvalue weighted by Crippen LogP contribution is 2.20. The maximum Gasteiger partial charge on any atom is 0.254 e. The topological polar surface area (TPSA) is 62.1 Å². The second-order valence-electron chi connectivity index (χ2n) is 6.25. The normalized spacial score (nSPS) is 14.5. The van der Waals surface area contributed by atoms with E-state index < -0.39 is 0 Å². The van der Waals surface area contributed by atoms with Crippen molar-refractivity contribution < 1.29 is 4.42 Å². The van der Waals surface area contributed by atoms with E-state index in [2.05, 4.69) is 9.88 Å². The van der Waals surface area contributed by atoms with E-state index in [1.165, 1.54) is 5.56 Å². The SMILES string of the molecule is Cc1ccc(-c2nc3c(c(=O)[nH]2)CCN(Cc2ccco2)C3)cc1. The van der Waals surface area contributed by atoms with Crippen molar-refractivity contribution in [2.75, 3.05) is 6.54 Å². The van der Waals surface area contributed by atoms with Crippen LogP contribution in [0.15, 0.2) is 51.9 Å². The lowest BCUT2D eigenvalue weighted by atomic mass is 10.1. The van der Waals surface area contributed by atoms with E-state index in [-0.39, 0.29) is 5.56 Å². The van der Waals surface area contributed by atoms with Crippen LogP contribution >= 0.6 is 0 Å². The monoisotopic (exact) mass is 321 g/mol. The Bertz CT molecular complexity index is 895. The summed E-state index contributed by atoms with van der Waals surface area (Å²) in [6.45, 7) is 4.28. The minimum Gasteiger partial charge on any atom is -0.468 e. The molecule has 4 rings (SSSR count). The van der Waals surface area contributed by atoms with Gasteiger partial charge < -0.3 is 9.40 Å². The van der Waals surface area contributed by atoms with Crippen molar-refractivity contribution in [3.05, 3.63) is 75.6 Å². The van der Waals surface area contributed by atoms with Crippen LogP contribution in [0.25, 0.3) is 11.4 Å². The molecule has 1 N–H and O–H groups in total. The summed E-state index contributed by atoms with van der Waals surface area (Å²) >= 11 is 0. The highest BCUT2D eigenvalue weighted by molar-refractivity contribution is 5.55. The smallest absolute Gasteiger partial charge is 0.254 e. The summed E-state index contributed by atoms with van der Waals surface area (Å²) in [6.07, 6.45) is 2.40. The first-order valence-electron chi connectivity index (χ1n) is 8.13. The number of hydrogen-bond acceptors (Lipinski definition) is 4. The summed E-state index contributed by atoms with van der Waals surface area (Å²) in [5.41, 5.74) is 3.77. The number of rotatable bonds is 3. The summed E-state index contributed by atoms with van der Waals surface area (Å²) in [4.78, 5) is 22.3. The van der Waals surface area contributed by atoms with E-state index >= 15 is 0 Å². The van der Waals surface area contributed by atoms with Gasteiger partial charge in [-0.1, -0.05) is 29.8 Å². The maximum atomic E-state index is 12.4. The molecule has 122 valence electrons. The summed E-state index contributed by atoms with van der Waals surface area (Å²) in [5, 5.41) is 0. The first kappa shape index (κ1) is 14.9. The molecule has 0 bridgehead atoms. The molecule has 0 spiro atoms. The molecule has 0 amide bonds. The molecule has 0 radical (unpaired) electrons. The summed E-state index contributed by atoms with van der Waals surface area (Å²) in [6, 6.07) is 11.9. The Morgan fingerprint density at radius 3 is 2.83 bits per heavy atom. The van der Waals surface area contributed by atoms with E-state index in [1.807, 2.05) is 43.3 Å². The van der Waals surface area contributed by atoms with Gasteiger partial charge in [-0.05, 0) is 25.5 Å². The van der Waals surface area contributed by atoms with Crippen LogP contribution in [-0.4, -0.2) is 21.4 Å². The third-order valence-electron chi connectivity index (χ3n) is 4.44. The number of aromatic nitrogens is 2. The predicted molar refractivity (Wildman–Crippen MR) is 91.6 cm³/mol. The van der Waals surface area contributed by atoms with Crippen LogP contribution < -0.4 is 5.56 Å². The number of nitrogens with one attached hydrogen (secondary N) is 1. The van der Waals surface area contributed by atoms with Crippen LogP contribution in [0.4, 0.5) is 0 Å². The number of fused-ring (bicyclic) bond motifs is 1. The van der Waals surface area contributed by atoms with Crippen molar-refractivity contribution in [3.8, 4) is 11.4 Å². The molecule has 0 saturated heterocycles. The van der Waals surface area contributed by atoms with Crippen LogP contribution in [0.3, 0.4) is 0 Å². The molecular weight excluding hydrogens is 302 g/mol. The molecule has 3 heterocycles. The average Bonchev–Trinajstić information content (AvgIpc) is 3.08. The molecule has 0 saturated carbocycles. The standard InChI is InChI=1S/C19H19N3O2/c1-13-4-6-14(7-5-13)18-20-17-12-22(11-15-3-2-10-24-15)9-8-16(17)19(23)21-18/h2-7,10H,8-9,11-12H2,1H3,(H,20,21,23). The number of benzene rings is 1. The first-order chi connectivity index (χ1) is 11.7. The van der Waals surface area contributed by atoms with Crippen LogP contribution in [0.5, 0.6) is 0 Å². The second-order valence-corrected chi connectivity index (χ2v) is 6.25. The number of H-pyrrole nitrogens is 1. The summed E-state index contributed by atoms with van der Waals surface area (Å²) in [7, 11) is 0. The van der Waals surface area contributed by atoms with E-state index in [0.717, 1.165) is 35.7 Å². The summed E-state index contributed by atoms with van der Waals surface area (Å²) < 4.78 is 5.42. The third kappa shape index (κ3) is 2.90. The Labute approximate surface area is 140 Å². The van der Waals surface area contributed by atoms with Gasteiger partial charge in [0.05, 0.1) is 18.5 Å². The fourth-order valence-corrected chi connectivity index (χ4v) is 3.10. The molecule has 0 aliphatic carbocycles. The van der Waals surface area contributed by atoms with Crippen LogP contribution in [-0.2, 0) is 19.5 Å². The van der Waals surface area contributed by atoms with Gasteiger partial charge in [0.1, 0.15) is 11.6 Å². The molecule has 1 aliphatic heterocycles. The molecular formula is C19H19N3O2. The highest BCUT2D eigenvalue weighted by atomic mass is 16.3. The minimum atomic E-state index is -0.0202. The van der Waals surface area contributed by atoms with Gasteiger partial charge in [-0.25, -0.2) is 4.98 Å². The molecule has 2 aromatic heterocycles. The van der Waals surface area contributed by atoms with Crippen molar-refractivity contribution in [3.63, 3.8) is 0 Å². The lowest BCUT2D eigenvalue weighted by Crippen LogP contribution is -2.35. The lowest BCUT2D eigenvalue weighted by Gasteiger charge is -2.26. The number of aromatic amines is 1. The Kier molecular flexibility index (Phi) is 3.78. The molecule has 5 nitrogen and oxygen atoms in total. The largest absolute Gasteiger partial charge is 0.468 e. The van der Waals surface area contributed by atoms with Gasteiger partial charge in [-0.3, -0.25) is 9.69 Å². The zero-order valence-electron chi connectivity index (χ0n) is 13.6. The molecule has 3 aromatic rings. The Balaban J connectivity index is 1.64. The van der Waals surface area contributed by atoms with Gasteiger partial charge in [-0.15, -0.1) is 0 Å². The van der Waals surface area contributed by atoms with E-state index in [9.17, 15) is 4.79 Å². The van der Waals surface area contributed by atoms with Crippen LogP contribution in [0.1, 0.15) is 22.6 Å². The number of nitrogens with zero attached hydrogens (tertiary/aromatic N) is 2. The van der Waals surface area contributed by atoms with Gasteiger partial charge in [0, 0.05) is 24.2 Å². The van der Waals surface area contributed by atoms with Gasteiger partial charge in [-0.2, -0.15) is 0 Å². The minimum absolute atomic E-state index is 0.0202. The molecule has 1 aromatic carbocycles. The molecule has 5 heteroatoms. The van der Waals surface area contributed by atoms with Crippen molar-refractivity contribution in [2.24, 2.45) is 0 Å². The fraction of sp³-hybridized carbons (Fsp3) is 0.263. The van der Waals surface area contributed by atoms with Crippen molar-refractivity contribution in [2.45, 2.75) is 26.4 Å². The zero-order valence-corrected chi connectivity index (χ0v) is 13.6. The first-order valence-corrected chi connectivity index (χ1v) is 8.13. The van der Waals surface area contributed by atoms with Crippen molar-refractivity contribution in [1.29, 1.82) is 0 Å². The molecule has 0 unspecified atom stereocenters. The Morgan fingerprint density at radius 1 is 1.25 bits per heavy atom. The predicted octanol–water partition coefficient (Wildman–Crippen LogP) is 2.90. The van der Waals surface area contributed by atoms with Crippen molar-refractivity contribution in [1.82, 2.24) is 14.9 Å². The molecule has 1 aliphatic rings. The fourth-order valence-electron chi connectivity index (χ4n) is 3.10. The summed E-state index contributed by atoms with van der Waals surface area (Å²) in [5.74, 6) is 1.57. The quantitative estimate of drug-likeness (QED) is 0.806. The number of hydrogen-bond donors (Lipinski definition) is 1. The average molecular weight is 321 g/mol. The van der Waals surface area contributed by atoms with Crippen molar-refractivity contribution >= 4 is 0 Å². The van der Waals surface area contributed by atoms with Gasteiger partial charge in [0.2, 0.25) is 0 Å². The van der Waals surface area contributed by atoms with Crippen LogP contribution in [0, 0.1) is 6.92 Å². The van der Waals surface area contributed by atoms with E-state index in [0.29, 0.717) is 18.8 Å². The van der Waals surface area contributed by atoms with Gasteiger partial charge in [0.25, 0.3) is 5.56 Å². The zero-order chi connectivity index (χ0) is 16.5. The maximum absolute atomic E-state index is 12.4. The third-order valence-corrected chi connectivity index (χ3v) is 4.44. The van der Waals surface area contributed by atoms with E-state index in [4.69, 9.17) is 9.40 Å². The Hall–Kier alpha value is -2.66. The second kappa shape index (κ2) is 6.09. The Morgan fingerprint density at radius 2 is 2.08 bits per heavy atom. The van der Waals surface area contributed by atoms with E-state index in [1.54, 1.807) is 6.26 Å². The number of aryl methyl sites for hydroxylation is 1.